The number of carbonyl (C=O) groups is 1. The Bertz CT molecular complexity index is 1080. The normalized spacial score (nSPS) is 10.9. The topological polar surface area (TPSA) is 82.6 Å². The highest BCUT2D eigenvalue weighted by Crippen LogP contribution is 2.40. The van der Waals surface area contributed by atoms with E-state index in [-0.39, 0.29) is 5.91 Å². The molecule has 0 radical (unpaired) electrons. The van der Waals surface area contributed by atoms with Crippen molar-refractivity contribution in [3.8, 4) is 28.7 Å². The summed E-state index contributed by atoms with van der Waals surface area (Å²) in [7, 11) is 11.7. The van der Waals surface area contributed by atoms with Crippen molar-refractivity contribution >= 4 is 32.6 Å². The van der Waals surface area contributed by atoms with Crippen LogP contribution in [-0.4, -0.2) is 78.5 Å². The number of ether oxygens (including phenoxy) is 5. The third-order valence-electron chi connectivity index (χ3n) is 5.26. The SMILES string of the molecule is COc1cc2nc(N(CCCN(C)C)C(=O)c3cc(OC)c(OC)c(OC)c3)sc2cc1OC. The van der Waals surface area contributed by atoms with Gasteiger partial charge < -0.3 is 28.6 Å². The number of amides is 1. The van der Waals surface area contributed by atoms with Crippen molar-refractivity contribution in [3.05, 3.63) is 29.8 Å². The predicted molar refractivity (Wildman–Crippen MR) is 134 cm³/mol. The average molecular weight is 490 g/mol. The van der Waals surface area contributed by atoms with E-state index in [1.807, 2.05) is 26.2 Å². The molecule has 0 atom stereocenters. The van der Waals surface area contributed by atoms with Crippen LogP contribution in [0.5, 0.6) is 28.7 Å². The summed E-state index contributed by atoms with van der Waals surface area (Å²) < 4.78 is 28.0. The number of benzene rings is 2. The predicted octanol–water partition coefficient (Wildman–Crippen LogP) is 3.94. The fourth-order valence-corrected chi connectivity index (χ4v) is 4.55. The highest BCUT2D eigenvalue weighted by atomic mass is 32.1. The lowest BCUT2D eigenvalue weighted by Crippen LogP contribution is -2.33. The molecule has 0 spiro atoms. The first-order valence-corrected chi connectivity index (χ1v) is 11.5. The van der Waals surface area contributed by atoms with Gasteiger partial charge in [0.1, 0.15) is 0 Å². The molecule has 184 valence electrons. The van der Waals surface area contributed by atoms with E-state index in [0.717, 1.165) is 23.2 Å². The Kier molecular flexibility index (Phi) is 8.41. The second-order valence-corrected chi connectivity index (χ2v) is 8.71. The minimum Gasteiger partial charge on any atom is -0.493 e. The lowest BCUT2D eigenvalue weighted by atomic mass is 10.1. The number of rotatable bonds is 11. The van der Waals surface area contributed by atoms with E-state index in [9.17, 15) is 4.79 Å². The number of nitrogens with zero attached hydrogens (tertiary/aromatic N) is 3. The van der Waals surface area contributed by atoms with Gasteiger partial charge in [-0.2, -0.15) is 0 Å². The van der Waals surface area contributed by atoms with Gasteiger partial charge in [0, 0.05) is 24.2 Å². The summed E-state index contributed by atoms with van der Waals surface area (Å²) in [6.07, 6.45) is 0.770. The maximum atomic E-state index is 13.8. The zero-order chi connectivity index (χ0) is 24.8. The zero-order valence-electron chi connectivity index (χ0n) is 20.6. The van der Waals surface area contributed by atoms with Crippen LogP contribution in [0.1, 0.15) is 16.8 Å². The van der Waals surface area contributed by atoms with E-state index in [0.29, 0.717) is 46.0 Å². The monoisotopic (exact) mass is 489 g/mol. The van der Waals surface area contributed by atoms with Gasteiger partial charge in [-0.3, -0.25) is 9.69 Å². The molecule has 10 heteroatoms. The van der Waals surface area contributed by atoms with Crippen molar-refractivity contribution < 1.29 is 28.5 Å². The van der Waals surface area contributed by atoms with Gasteiger partial charge in [-0.1, -0.05) is 11.3 Å². The fourth-order valence-electron chi connectivity index (χ4n) is 3.55. The molecule has 0 aliphatic carbocycles. The minimum atomic E-state index is -0.212. The van der Waals surface area contributed by atoms with Gasteiger partial charge in [0.2, 0.25) is 5.75 Å². The van der Waals surface area contributed by atoms with Crippen molar-refractivity contribution in [2.75, 3.05) is 67.6 Å². The Morgan fingerprint density at radius 1 is 0.824 bits per heavy atom. The van der Waals surface area contributed by atoms with Crippen molar-refractivity contribution in [2.45, 2.75) is 6.42 Å². The van der Waals surface area contributed by atoms with Crippen LogP contribution in [0.3, 0.4) is 0 Å². The van der Waals surface area contributed by atoms with Crippen LogP contribution < -0.4 is 28.6 Å². The number of hydrogen-bond acceptors (Lipinski definition) is 9. The molecule has 3 rings (SSSR count). The van der Waals surface area contributed by atoms with Crippen LogP contribution in [-0.2, 0) is 0 Å². The highest BCUT2D eigenvalue weighted by molar-refractivity contribution is 7.22. The molecule has 3 aromatic rings. The molecular weight excluding hydrogens is 458 g/mol. The van der Waals surface area contributed by atoms with E-state index in [1.54, 1.807) is 31.3 Å². The van der Waals surface area contributed by atoms with Crippen LogP contribution in [0.25, 0.3) is 10.2 Å². The third kappa shape index (κ3) is 5.28. The van der Waals surface area contributed by atoms with Crippen molar-refractivity contribution in [1.29, 1.82) is 0 Å². The van der Waals surface area contributed by atoms with E-state index in [4.69, 9.17) is 28.7 Å². The Hall–Kier alpha value is -3.24. The molecule has 0 bridgehead atoms. The third-order valence-corrected chi connectivity index (χ3v) is 6.30. The molecule has 0 fully saturated rings. The highest BCUT2D eigenvalue weighted by Gasteiger charge is 2.25. The standard InChI is InChI=1S/C24H31N3O6S/c1-26(2)9-8-10-27(23(28)15-11-19(31-5)22(33-7)20(12-15)32-6)24-25-16-13-17(29-3)18(30-4)14-21(16)34-24/h11-14H,8-10H2,1-7H3. The second-order valence-electron chi connectivity index (χ2n) is 7.70. The maximum Gasteiger partial charge on any atom is 0.260 e. The number of aromatic nitrogens is 1. The van der Waals surface area contributed by atoms with Crippen molar-refractivity contribution in [2.24, 2.45) is 0 Å². The Balaban J connectivity index is 2.06. The molecule has 1 amide bonds. The van der Waals surface area contributed by atoms with Gasteiger partial charge in [-0.15, -0.1) is 0 Å². The van der Waals surface area contributed by atoms with E-state index >= 15 is 0 Å². The first-order valence-electron chi connectivity index (χ1n) is 10.7. The van der Waals surface area contributed by atoms with Gasteiger partial charge in [-0.05, 0) is 39.2 Å². The summed E-state index contributed by atoms with van der Waals surface area (Å²) in [5.41, 5.74) is 1.14. The number of fused-ring (bicyclic) bond motifs is 1. The lowest BCUT2D eigenvalue weighted by Gasteiger charge is -2.22. The van der Waals surface area contributed by atoms with E-state index in [2.05, 4.69) is 4.90 Å². The van der Waals surface area contributed by atoms with Gasteiger partial charge >= 0.3 is 0 Å². The first kappa shape index (κ1) is 25.4. The molecule has 0 saturated heterocycles. The van der Waals surface area contributed by atoms with Gasteiger partial charge in [0.05, 0.1) is 45.8 Å². The Labute approximate surface area is 203 Å². The molecule has 1 aromatic heterocycles. The molecule has 0 N–H and O–H groups in total. The zero-order valence-corrected chi connectivity index (χ0v) is 21.4. The smallest absolute Gasteiger partial charge is 0.260 e. The molecular formula is C24H31N3O6S. The van der Waals surface area contributed by atoms with Crippen LogP contribution in [0.15, 0.2) is 24.3 Å². The van der Waals surface area contributed by atoms with E-state index in [1.165, 1.54) is 32.7 Å². The summed E-state index contributed by atoms with van der Waals surface area (Å²) in [6.45, 7) is 1.31. The number of carbonyl (C=O) groups excluding carboxylic acids is 1. The van der Waals surface area contributed by atoms with Crippen LogP contribution >= 0.6 is 11.3 Å². The number of hydrogen-bond donors (Lipinski definition) is 0. The average Bonchev–Trinajstić information content (AvgIpc) is 3.26. The number of thiazole rings is 1. The van der Waals surface area contributed by atoms with Gasteiger partial charge in [0.15, 0.2) is 28.1 Å². The molecule has 2 aromatic carbocycles. The maximum absolute atomic E-state index is 13.8. The van der Waals surface area contributed by atoms with E-state index < -0.39 is 0 Å². The van der Waals surface area contributed by atoms with Crippen molar-refractivity contribution in [3.63, 3.8) is 0 Å². The molecule has 0 saturated carbocycles. The first-order chi connectivity index (χ1) is 16.4. The second kappa shape index (κ2) is 11.3. The summed E-state index contributed by atoms with van der Waals surface area (Å²) in [5.74, 6) is 2.24. The van der Waals surface area contributed by atoms with Gasteiger partial charge in [0.25, 0.3) is 5.91 Å². The molecule has 1 heterocycles. The van der Waals surface area contributed by atoms with Crippen LogP contribution in [0, 0.1) is 0 Å². The lowest BCUT2D eigenvalue weighted by molar-refractivity contribution is 0.0985. The van der Waals surface area contributed by atoms with Crippen molar-refractivity contribution in [1.82, 2.24) is 9.88 Å². The van der Waals surface area contributed by atoms with Crippen LogP contribution in [0.2, 0.25) is 0 Å². The number of anilines is 1. The van der Waals surface area contributed by atoms with Gasteiger partial charge in [-0.25, -0.2) is 4.98 Å². The molecule has 0 aliphatic heterocycles. The summed E-state index contributed by atoms with van der Waals surface area (Å²) >= 11 is 1.42. The summed E-state index contributed by atoms with van der Waals surface area (Å²) in [5, 5.41) is 0.586. The molecule has 34 heavy (non-hydrogen) atoms. The summed E-state index contributed by atoms with van der Waals surface area (Å²) in [6, 6.07) is 7.00. The Morgan fingerprint density at radius 3 is 1.94 bits per heavy atom. The summed E-state index contributed by atoms with van der Waals surface area (Å²) in [4.78, 5) is 22.3. The quantitative estimate of drug-likeness (QED) is 0.401. The molecule has 0 unspecified atom stereocenters. The Morgan fingerprint density at radius 2 is 1.41 bits per heavy atom. The molecule has 9 nitrogen and oxygen atoms in total. The fraction of sp³-hybridized carbons (Fsp3) is 0.417. The minimum absolute atomic E-state index is 0.212. The molecule has 0 aliphatic rings. The van der Waals surface area contributed by atoms with Crippen LogP contribution in [0.4, 0.5) is 5.13 Å². The number of methoxy groups -OCH3 is 5. The largest absolute Gasteiger partial charge is 0.493 e.